The van der Waals surface area contributed by atoms with Crippen LogP contribution in [0.4, 0.5) is 0 Å². The standard InChI is InChI=1S/C21H39IS/c1-6-16-17-12-11-15(2)14-19(17)21(5,23)20(3,4)18(16)10-8-7-9-13-22/h15-19,23H,6-14H2,1-5H3. The Balaban J connectivity index is 2.23. The summed E-state index contributed by atoms with van der Waals surface area (Å²) in [5.41, 5.74) is 0.347. The first-order valence-electron chi connectivity index (χ1n) is 10.1. The van der Waals surface area contributed by atoms with Gasteiger partial charge < -0.3 is 0 Å². The third-order valence-corrected chi connectivity index (χ3v) is 9.48. The van der Waals surface area contributed by atoms with Gasteiger partial charge in [0.15, 0.2) is 0 Å². The van der Waals surface area contributed by atoms with Gasteiger partial charge in [0.2, 0.25) is 0 Å². The van der Waals surface area contributed by atoms with Crippen molar-refractivity contribution in [3.8, 4) is 0 Å². The molecule has 0 nitrogen and oxygen atoms in total. The van der Waals surface area contributed by atoms with Crippen LogP contribution in [0.3, 0.4) is 0 Å². The molecule has 0 radical (unpaired) electrons. The second kappa shape index (κ2) is 8.18. The maximum absolute atomic E-state index is 5.36. The van der Waals surface area contributed by atoms with Crippen LogP contribution in [0.2, 0.25) is 0 Å². The number of hydrogen-bond acceptors (Lipinski definition) is 1. The third kappa shape index (κ3) is 3.93. The van der Waals surface area contributed by atoms with Gasteiger partial charge in [-0.2, -0.15) is 12.6 Å². The Morgan fingerprint density at radius 3 is 2.39 bits per heavy atom. The molecule has 0 aromatic carbocycles. The monoisotopic (exact) mass is 450 g/mol. The summed E-state index contributed by atoms with van der Waals surface area (Å²) < 4.78 is 1.50. The van der Waals surface area contributed by atoms with Crippen molar-refractivity contribution < 1.29 is 0 Å². The minimum Gasteiger partial charge on any atom is -0.172 e. The largest absolute Gasteiger partial charge is 0.172 e. The molecule has 2 saturated carbocycles. The van der Waals surface area contributed by atoms with Crippen molar-refractivity contribution in [2.75, 3.05) is 4.43 Å². The third-order valence-electron chi connectivity index (χ3n) is 7.81. The highest BCUT2D eigenvalue weighted by Crippen LogP contribution is 2.63. The lowest BCUT2D eigenvalue weighted by molar-refractivity contribution is -0.0772. The average molecular weight is 451 g/mol. The average Bonchev–Trinajstić information content (AvgIpc) is 2.49. The highest BCUT2D eigenvalue weighted by atomic mass is 127. The van der Waals surface area contributed by atoms with Gasteiger partial charge in [-0.15, -0.1) is 0 Å². The van der Waals surface area contributed by atoms with Crippen LogP contribution in [0.5, 0.6) is 0 Å². The van der Waals surface area contributed by atoms with E-state index in [-0.39, 0.29) is 4.75 Å². The molecule has 0 amide bonds. The second-order valence-electron chi connectivity index (χ2n) is 9.27. The molecule has 0 bridgehead atoms. The lowest BCUT2D eigenvalue weighted by Crippen LogP contribution is -2.60. The molecular weight excluding hydrogens is 411 g/mol. The minimum absolute atomic E-state index is 0.186. The highest BCUT2D eigenvalue weighted by Gasteiger charge is 2.59. The summed E-state index contributed by atoms with van der Waals surface area (Å²) in [5, 5.41) is 0. The second-order valence-corrected chi connectivity index (χ2v) is 11.3. The van der Waals surface area contributed by atoms with Gasteiger partial charge in [-0.25, -0.2) is 0 Å². The van der Waals surface area contributed by atoms with Gasteiger partial charge in [-0.1, -0.05) is 76.0 Å². The van der Waals surface area contributed by atoms with E-state index >= 15 is 0 Å². The summed E-state index contributed by atoms with van der Waals surface area (Å²) in [6.07, 6.45) is 11.4. The van der Waals surface area contributed by atoms with Crippen molar-refractivity contribution in [2.24, 2.45) is 35.0 Å². The Hall–Kier alpha value is 1.08. The quantitative estimate of drug-likeness (QED) is 0.185. The molecule has 2 heteroatoms. The lowest BCUT2D eigenvalue weighted by atomic mass is 9.46. The fraction of sp³-hybridized carbons (Fsp3) is 1.00. The molecule has 23 heavy (non-hydrogen) atoms. The predicted molar refractivity (Wildman–Crippen MR) is 116 cm³/mol. The van der Waals surface area contributed by atoms with Crippen molar-refractivity contribution in [1.29, 1.82) is 0 Å². The number of alkyl halides is 1. The fourth-order valence-corrected chi connectivity index (χ4v) is 7.05. The zero-order chi connectivity index (χ0) is 17.3. The van der Waals surface area contributed by atoms with E-state index in [1.165, 1.54) is 55.8 Å². The number of hydrogen-bond donors (Lipinski definition) is 1. The van der Waals surface area contributed by atoms with E-state index in [4.69, 9.17) is 12.6 Å². The van der Waals surface area contributed by atoms with Crippen molar-refractivity contribution in [3.05, 3.63) is 0 Å². The molecule has 6 unspecified atom stereocenters. The smallest absolute Gasteiger partial charge is 0.0186 e. The Bertz CT molecular complexity index is 376. The van der Waals surface area contributed by atoms with Gasteiger partial charge in [0.05, 0.1) is 0 Å². The topological polar surface area (TPSA) is 0 Å². The zero-order valence-corrected chi connectivity index (χ0v) is 19.1. The predicted octanol–water partition coefficient (Wildman–Crippen LogP) is 7.40. The van der Waals surface area contributed by atoms with Gasteiger partial charge in [0.1, 0.15) is 0 Å². The summed E-state index contributed by atoms with van der Waals surface area (Å²) in [7, 11) is 0. The molecular formula is C21H39IS. The Labute approximate surface area is 164 Å². The molecule has 0 heterocycles. The van der Waals surface area contributed by atoms with E-state index in [9.17, 15) is 0 Å². The van der Waals surface area contributed by atoms with Gasteiger partial charge in [0.25, 0.3) is 0 Å². The molecule has 6 atom stereocenters. The number of halogens is 1. The molecule has 2 aliphatic carbocycles. The van der Waals surface area contributed by atoms with E-state index in [0.29, 0.717) is 5.41 Å². The lowest BCUT2D eigenvalue weighted by Gasteiger charge is -2.63. The van der Waals surface area contributed by atoms with Crippen molar-refractivity contribution in [3.63, 3.8) is 0 Å². The first kappa shape index (κ1) is 20.4. The summed E-state index contributed by atoms with van der Waals surface area (Å²) in [5.74, 6) is 4.44. The maximum Gasteiger partial charge on any atom is 0.0186 e. The fourth-order valence-electron chi connectivity index (χ4n) is 6.05. The summed E-state index contributed by atoms with van der Waals surface area (Å²) in [6.45, 7) is 12.5. The normalized spacial score (nSPS) is 43.2. The summed E-state index contributed by atoms with van der Waals surface area (Å²) in [6, 6.07) is 0. The van der Waals surface area contributed by atoms with E-state index < -0.39 is 0 Å². The molecule has 0 aromatic rings. The van der Waals surface area contributed by atoms with Gasteiger partial charge in [-0.3, -0.25) is 0 Å². The van der Waals surface area contributed by atoms with Crippen LogP contribution in [0.15, 0.2) is 0 Å². The van der Waals surface area contributed by atoms with E-state index in [0.717, 1.165) is 29.6 Å². The molecule has 2 aliphatic rings. The molecule has 0 spiro atoms. The molecule has 0 aliphatic heterocycles. The number of rotatable bonds is 6. The molecule has 2 rings (SSSR count). The SMILES string of the molecule is CCC1C2CCC(C)CC2C(C)(S)C(C)(C)C1CCCCCI. The van der Waals surface area contributed by atoms with Crippen molar-refractivity contribution in [1.82, 2.24) is 0 Å². The van der Waals surface area contributed by atoms with Crippen LogP contribution in [0.1, 0.15) is 86.0 Å². The van der Waals surface area contributed by atoms with Gasteiger partial charge in [-0.05, 0) is 72.0 Å². The molecule has 0 aromatic heterocycles. The van der Waals surface area contributed by atoms with Gasteiger partial charge in [0, 0.05) is 4.75 Å². The zero-order valence-electron chi connectivity index (χ0n) is 16.1. The van der Waals surface area contributed by atoms with Crippen molar-refractivity contribution >= 4 is 35.2 Å². The van der Waals surface area contributed by atoms with Crippen LogP contribution in [0, 0.1) is 35.0 Å². The van der Waals surface area contributed by atoms with Gasteiger partial charge >= 0.3 is 0 Å². The molecule has 136 valence electrons. The van der Waals surface area contributed by atoms with E-state index in [2.05, 4.69) is 57.2 Å². The van der Waals surface area contributed by atoms with Crippen molar-refractivity contribution in [2.45, 2.75) is 90.7 Å². The Morgan fingerprint density at radius 2 is 1.78 bits per heavy atom. The molecule has 0 saturated heterocycles. The summed E-state index contributed by atoms with van der Waals surface area (Å²) in [4.78, 5) is 0. The van der Waals surface area contributed by atoms with Crippen LogP contribution >= 0.6 is 35.2 Å². The highest BCUT2D eigenvalue weighted by molar-refractivity contribution is 14.1. The van der Waals surface area contributed by atoms with Crippen LogP contribution in [-0.4, -0.2) is 9.17 Å². The molecule has 2 fully saturated rings. The number of fused-ring (bicyclic) bond motifs is 1. The van der Waals surface area contributed by atoms with Crippen LogP contribution < -0.4 is 0 Å². The van der Waals surface area contributed by atoms with E-state index in [1.54, 1.807) is 0 Å². The summed E-state index contributed by atoms with van der Waals surface area (Å²) >= 11 is 7.88. The Kier molecular flexibility index (Phi) is 7.26. The number of unbranched alkanes of at least 4 members (excludes halogenated alkanes) is 2. The Morgan fingerprint density at radius 1 is 1.09 bits per heavy atom. The first-order chi connectivity index (χ1) is 10.8. The van der Waals surface area contributed by atoms with Crippen LogP contribution in [0.25, 0.3) is 0 Å². The first-order valence-corrected chi connectivity index (χ1v) is 12.0. The number of thiol groups is 1. The minimum atomic E-state index is 0.186. The molecule has 0 N–H and O–H groups in total. The maximum atomic E-state index is 5.36. The van der Waals surface area contributed by atoms with Crippen LogP contribution in [-0.2, 0) is 0 Å². The van der Waals surface area contributed by atoms with E-state index in [1.807, 2.05) is 0 Å².